The number of benzene rings is 2. The second-order valence-electron chi connectivity index (χ2n) is 7.40. The Balaban J connectivity index is 1.58. The number of aromatic hydroxyl groups is 2. The minimum atomic E-state index is -3.99. The number of fused-ring (bicyclic) bond motifs is 1. The molecular formula is C18H21N5O7S2. The van der Waals surface area contributed by atoms with E-state index in [1.165, 1.54) is 16.4 Å². The van der Waals surface area contributed by atoms with Gasteiger partial charge in [0.15, 0.2) is 22.5 Å². The minimum Gasteiger partial charge on any atom is -0.504 e. The molecule has 0 aliphatic carbocycles. The van der Waals surface area contributed by atoms with Crippen molar-refractivity contribution >= 4 is 36.8 Å². The maximum atomic E-state index is 13.3. The molecule has 4 rings (SSSR count). The van der Waals surface area contributed by atoms with E-state index < -0.39 is 31.5 Å². The first-order valence-electron chi connectivity index (χ1n) is 9.48. The molecule has 1 aromatic heterocycles. The smallest absolute Gasteiger partial charge is 0.245 e. The normalized spacial score (nSPS) is 16.4. The van der Waals surface area contributed by atoms with Crippen molar-refractivity contribution in [2.75, 3.05) is 45.2 Å². The molecule has 2 aromatic carbocycles. The fourth-order valence-corrected chi connectivity index (χ4v) is 6.49. The van der Waals surface area contributed by atoms with Crippen LogP contribution in [0.5, 0.6) is 11.5 Å². The van der Waals surface area contributed by atoms with Gasteiger partial charge in [-0.15, -0.1) is 0 Å². The van der Waals surface area contributed by atoms with Crippen LogP contribution in [0.15, 0.2) is 44.8 Å². The molecule has 0 spiro atoms. The number of phenolic OH excluding ortho intramolecular Hbond substituents is 2. The SMILES string of the molecule is CN(C)c1ccc(S(=O)(=O)N2CCN(S(=O)(=O)c3ccc(O)c(O)c3)CC2)c2nonc12. The first kappa shape index (κ1) is 22.3. The van der Waals surface area contributed by atoms with E-state index in [4.69, 9.17) is 4.63 Å². The van der Waals surface area contributed by atoms with Gasteiger partial charge >= 0.3 is 0 Å². The number of anilines is 1. The van der Waals surface area contributed by atoms with Crippen LogP contribution in [-0.2, 0) is 20.0 Å². The van der Waals surface area contributed by atoms with Gasteiger partial charge in [-0.3, -0.25) is 0 Å². The maximum Gasteiger partial charge on any atom is 0.245 e. The van der Waals surface area contributed by atoms with E-state index in [-0.39, 0.29) is 41.5 Å². The van der Waals surface area contributed by atoms with Gasteiger partial charge < -0.3 is 15.1 Å². The van der Waals surface area contributed by atoms with Crippen molar-refractivity contribution < 1.29 is 31.7 Å². The molecule has 0 unspecified atom stereocenters. The largest absolute Gasteiger partial charge is 0.504 e. The predicted molar refractivity (Wildman–Crippen MR) is 113 cm³/mol. The Morgan fingerprint density at radius 2 is 1.44 bits per heavy atom. The highest BCUT2D eigenvalue weighted by molar-refractivity contribution is 7.89. The van der Waals surface area contributed by atoms with Crippen molar-refractivity contribution in [3.8, 4) is 11.5 Å². The zero-order valence-electron chi connectivity index (χ0n) is 17.2. The number of nitrogens with zero attached hydrogens (tertiary/aromatic N) is 5. The van der Waals surface area contributed by atoms with Crippen LogP contribution < -0.4 is 4.90 Å². The van der Waals surface area contributed by atoms with Gasteiger partial charge in [0.05, 0.1) is 10.6 Å². The van der Waals surface area contributed by atoms with Crippen molar-refractivity contribution in [1.29, 1.82) is 0 Å². The number of phenols is 2. The quantitative estimate of drug-likeness (QED) is 0.487. The van der Waals surface area contributed by atoms with E-state index >= 15 is 0 Å². The van der Waals surface area contributed by atoms with Crippen LogP contribution in [0, 0.1) is 0 Å². The first-order valence-corrected chi connectivity index (χ1v) is 12.4. The zero-order chi connectivity index (χ0) is 23.3. The second kappa shape index (κ2) is 7.88. The average molecular weight is 484 g/mol. The molecule has 12 nitrogen and oxygen atoms in total. The number of rotatable bonds is 5. The summed E-state index contributed by atoms with van der Waals surface area (Å²) in [5, 5.41) is 26.6. The molecule has 1 saturated heterocycles. The molecule has 2 N–H and O–H groups in total. The fraction of sp³-hybridized carbons (Fsp3) is 0.333. The molecule has 0 saturated carbocycles. The summed E-state index contributed by atoms with van der Waals surface area (Å²) in [6, 6.07) is 6.25. The summed E-state index contributed by atoms with van der Waals surface area (Å²) in [6.07, 6.45) is 0. The summed E-state index contributed by atoms with van der Waals surface area (Å²) >= 11 is 0. The summed E-state index contributed by atoms with van der Waals surface area (Å²) in [6.45, 7) is -0.319. The van der Waals surface area contributed by atoms with Crippen LogP contribution in [0.3, 0.4) is 0 Å². The Bertz CT molecular complexity index is 1380. The molecule has 0 amide bonds. The molecule has 3 aromatic rings. The lowest BCUT2D eigenvalue weighted by molar-refractivity contribution is 0.272. The summed E-state index contributed by atoms with van der Waals surface area (Å²) in [5.41, 5.74) is 1.06. The van der Waals surface area contributed by atoms with Crippen LogP contribution in [0.2, 0.25) is 0 Å². The van der Waals surface area contributed by atoms with Crippen molar-refractivity contribution in [2.24, 2.45) is 0 Å². The molecule has 1 aliphatic heterocycles. The first-order chi connectivity index (χ1) is 15.0. The molecule has 2 heterocycles. The van der Waals surface area contributed by atoms with Gasteiger partial charge in [0, 0.05) is 46.3 Å². The van der Waals surface area contributed by atoms with E-state index in [0.29, 0.717) is 11.2 Å². The van der Waals surface area contributed by atoms with Crippen LogP contribution in [0.1, 0.15) is 0 Å². The standard InChI is InChI=1S/C18H21N5O7S2/c1-21(2)13-4-6-16(18-17(13)19-30-20-18)32(28,29)23-9-7-22(8-10-23)31(26,27)12-3-5-14(24)15(25)11-12/h3-6,11,24-25H,7-10H2,1-2H3. The Morgan fingerprint density at radius 1 is 0.844 bits per heavy atom. The van der Waals surface area contributed by atoms with Gasteiger partial charge in [0.1, 0.15) is 4.90 Å². The lowest BCUT2D eigenvalue weighted by Crippen LogP contribution is -2.50. The summed E-state index contributed by atoms with van der Waals surface area (Å²) in [4.78, 5) is 1.49. The Morgan fingerprint density at radius 3 is 2.03 bits per heavy atom. The maximum absolute atomic E-state index is 13.3. The van der Waals surface area contributed by atoms with Gasteiger partial charge in [-0.25, -0.2) is 21.5 Å². The van der Waals surface area contributed by atoms with E-state index in [1.807, 2.05) is 0 Å². The van der Waals surface area contributed by atoms with Gasteiger partial charge in [-0.1, -0.05) is 0 Å². The lowest BCUT2D eigenvalue weighted by Gasteiger charge is -2.33. The third kappa shape index (κ3) is 3.64. The summed E-state index contributed by atoms with van der Waals surface area (Å²) in [5.74, 6) is -0.993. The third-order valence-corrected chi connectivity index (χ3v) is 9.06. The number of piperazine rings is 1. The van der Waals surface area contributed by atoms with Gasteiger partial charge in [0.2, 0.25) is 20.0 Å². The highest BCUT2D eigenvalue weighted by Crippen LogP contribution is 2.32. The number of hydrogen-bond donors (Lipinski definition) is 2. The van der Waals surface area contributed by atoms with Crippen LogP contribution in [0.25, 0.3) is 11.0 Å². The molecule has 0 atom stereocenters. The highest BCUT2D eigenvalue weighted by Gasteiger charge is 2.35. The van der Waals surface area contributed by atoms with Crippen molar-refractivity contribution in [1.82, 2.24) is 18.9 Å². The third-order valence-electron chi connectivity index (χ3n) is 5.24. The van der Waals surface area contributed by atoms with E-state index in [9.17, 15) is 27.0 Å². The van der Waals surface area contributed by atoms with Crippen molar-refractivity contribution in [3.63, 3.8) is 0 Å². The molecule has 1 aliphatic rings. The summed E-state index contributed by atoms with van der Waals surface area (Å²) < 4.78 is 59.3. The molecule has 1 fully saturated rings. The monoisotopic (exact) mass is 483 g/mol. The molecule has 172 valence electrons. The van der Waals surface area contributed by atoms with Crippen LogP contribution in [-0.4, -0.2) is 86.2 Å². The molecule has 14 heteroatoms. The second-order valence-corrected chi connectivity index (χ2v) is 11.2. The lowest BCUT2D eigenvalue weighted by atomic mass is 10.2. The van der Waals surface area contributed by atoms with Crippen molar-refractivity contribution in [2.45, 2.75) is 9.79 Å². The molecule has 32 heavy (non-hydrogen) atoms. The molecular weight excluding hydrogens is 462 g/mol. The van der Waals surface area contributed by atoms with Crippen molar-refractivity contribution in [3.05, 3.63) is 30.3 Å². The highest BCUT2D eigenvalue weighted by atomic mass is 32.2. The number of sulfonamides is 2. The summed E-state index contributed by atoms with van der Waals surface area (Å²) in [7, 11) is -4.40. The molecule has 0 bridgehead atoms. The van der Waals surface area contributed by atoms with Gasteiger partial charge in [-0.05, 0) is 34.6 Å². The molecule has 0 radical (unpaired) electrons. The Hall–Kier alpha value is -2.94. The average Bonchev–Trinajstić information content (AvgIpc) is 3.24. The van der Waals surface area contributed by atoms with E-state index in [0.717, 1.165) is 16.4 Å². The van der Waals surface area contributed by atoms with Gasteiger partial charge in [0.25, 0.3) is 0 Å². The topological polar surface area (TPSA) is 157 Å². The van der Waals surface area contributed by atoms with Crippen LogP contribution >= 0.6 is 0 Å². The predicted octanol–water partition coefficient (Wildman–Crippen LogP) is 0.395. The van der Waals surface area contributed by atoms with Gasteiger partial charge in [-0.2, -0.15) is 8.61 Å². The zero-order valence-corrected chi connectivity index (χ0v) is 18.8. The number of aromatic nitrogens is 2. The fourth-order valence-electron chi connectivity index (χ4n) is 3.50. The van der Waals surface area contributed by atoms with E-state index in [2.05, 4.69) is 10.3 Å². The Kier molecular flexibility index (Phi) is 5.48. The number of hydrogen-bond acceptors (Lipinski definition) is 10. The van der Waals surface area contributed by atoms with Crippen LogP contribution in [0.4, 0.5) is 5.69 Å². The minimum absolute atomic E-state index is 0.0703. The van der Waals surface area contributed by atoms with E-state index in [1.54, 1.807) is 25.1 Å². The Labute approximate surface area is 184 Å².